The minimum Gasteiger partial charge on any atom is -0.490 e. The van der Waals surface area contributed by atoms with Gasteiger partial charge in [-0.3, -0.25) is 19.5 Å². The molecule has 2 aromatic carbocycles. The number of carbonyl (C=O) groups is 1. The normalized spacial score (nSPS) is 10.7. The van der Waals surface area contributed by atoms with Crippen molar-refractivity contribution in [1.29, 1.82) is 0 Å². The average Bonchev–Trinajstić information content (AvgIpc) is 2.72. The first-order valence-electron chi connectivity index (χ1n) is 9.44. The molecule has 0 radical (unpaired) electrons. The molecule has 0 atom stereocenters. The third-order valence-corrected chi connectivity index (χ3v) is 4.27. The van der Waals surface area contributed by atoms with Crippen LogP contribution in [0, 0.1) is 0 Å². The molecule has 0 aliphatic carbocycles. The van der Waals surface area contributed by atoms with Gasteiger partial charge in [0.15, 0.2) is 11.5 Å². The van der Waals surface area contributed by atoms with Crippen molar-refractivity contribution >= 4 is 22.4 Å². The second kappa shape index (κ2) is 9.09. The summed E-state index contributed by atoms with van der Waals surface area (Å²) in [5.74, 6) is 0.854. The molecular weight excluding hydrogens is 374 g/mol. The topological polar surface area (TPSA) is 102 Å². The fourth-order valence-electron chi connectivity index (χ4n) is 2.97. The van der Waals surface area contributed by atoms with E-state index in [1.165, 1.54) is 0 Å². The molecule has 0 bridgehead atoms. The van der Waals surface area contributed by atoms with Crippen LogP contribution in [0.5, 0.6) is 11.5 Å². The van der Waals surface area contributed by atoms with Crippen LogP contribution < -0.4 is 25.9 Å². The summed E-state index contributed by atoms with van der Waals surface area (Å²) in [5.41, 5.74) is -0.151. The molecule has 0 unspecified atom stereocenters. The quantitative estimate of drug-likeness (QED) is 0.608. The molecule has 0 aliphatic rings. The van der Waals surface area contributed by atoms with Gasteiger partial charge in [0.1, 0.15) is 0 Å². The minimum atomic E-state index is -0.367. The van der Waals surface area contributed by atoms with Gasteiger partial charge in [-0.2, -0.15) is 0 Å². The van der Waals surface area contributed by atoms with Crippen molar-refractivity contribution in [3.63, 3.8) is 0 Å². The average molecular weight is 397 g/mol. The second-order valence-corrected chi connectivity index (χ2v) is 6.27. The Labute approximate surface area is 167 Å². The summed E-state index contributed by atoms with van der Waals surface area (Å²) in [6, 6.07) is 11.7. The van der Waals surface area contributed by atoms with E-state index in [0.29, 0.717) is 41.2 Å². The highest BCUT2D eigenvalue weighted by Gasteiger charge is 2.11. The van der Waals surface area contributed by atoms with E-state index in [0.717, 1.165) is 4.68 Å². The van der Waals surface area contributed by atoms with Crippen molar-refractivity contribution in [1.82, 2.24) is 9.78 Å². The third kappa shape index (κ3) is 4.66. The molecular formula is C21H23N3O5. The van der Waals surface area contributed by atoms with Crippen molar-refractivity contribution < 1.29 is 14.3 Å². The van der Waals surface area contributed by atoms with Crippen LogP contribution in [-0.4, -0.2) is 28.9 Å². The monoisotopic (exact) mass is 397 g/mol. The Kier molecular flexibility index (Phi) is 6.33. The van der Waals surface area contributed by atoms with Crippen LogP contribution in [-0.2, 0) is 11.3 Å². The Morgan fingerprint density at radius 2 is 1.69 bits per heavy atom. The van der Waals surface area contributed by atoms with Crippen molar-refractivity contribution in [2.24, 2.45) is 0 Å². The number of nitrogens with zero attached hydrogens (tertiary/aromatic N) is 1. The van der Waals surface area contributed by atoms with Crippen LogP contribution in [0.25, 0.3) is 10.8 Å². The lowest BCUT2D eigenvalue weighted by Crippen LogP contribution is -2.31. The zero-order chi connectivity index (χ0) is 20.8. The molecule has 0 aliphatic heterocycles. The number of anilines is 1. The lowest BCUT2D eigenvalue weighted by molar-refractivity contribution is -0.116. The summed E-state index contributed by atoms with van der Waals surface area (Å²) in [5, 5.41) is 5.94. The molecule has 3 aromatic rings. The van der Waals surface area contributed by atoms with Gasteiger partial charge in [0, 0.05) is 18.2 Å². The van der Waals surface area contributed by atoms with Crippen molar-refractivity contribution in [2.75, 3.05) is 18.5 Å². The molecule has 0 fully saturated rings. The molecule has 1 aromatic heterocycles. The summed E-state index contributed by atoms with van der Waals surface area (Å²) in [7, 11) is 0. The number of aromatic amines is 1. The van der Waals surface area contributed by atoms with Crippen LogP contribution >= 0.6 is 0 Å². The summed E-state index contributed by atoms with van der Waals surface area (Å²) in [4.78, 5) is 37.0. The summed E-state index contributed by atoms with van der Waals surface area (Å²) in [6.45, 7) is 4.77. The number of benzene rings is 2. The fourth-order valence-corrected chi connectivity index (χ4v) is 2.97. The number of H-pyrrole nitrogens is 1. The lowest BCUT2D eigenvalue weighted by Gasteiger charge is -2.13. The lowest BCUT2D eigenvalue weighted by atomic mass is 10.2. The largest absolute Gasteiger partial charge is 0.490 e. The number of hydrogen-bond donors (Lipinski definition) is 2. The van der Waals surface area contributed by atoms with Gasteiger partial charge in [0.2, 0.25) is 5.91 Å². The molecule has 1 amide bonds. The molecule has 8 nitrogen and oxygen atoms in total. The standard InChI is InChI=1S/C21H23N3O5/c1-3-28-17-10-9-14(13-18(17)29-4-2)22-19(25)11-12-24-21(27)16-8-6-5-7-15(16)20(26)23-24/h5-10,13H,3-4,11-12H2,1-2H3,(H,22,25)(H,23,26). The van der Waals surface area contributed by atoms with E-state index in [-0.39, 0.29) is 30.0 Å². The van der Waals surface area contributed by atoms with E-state index >= 15 is 0 Å². The van der Waals surface area contributed by atoms with Crippen LogP contribution in [0.2, 0.25) is 0 Å². The smallest absolute Gasteiger partial charge is 0.273 e. The van der Waals surface area contributed by atoms with Crippen molar-refractivity contribution in [2.45, 2.75) is 26.8 Å². The summed E-state index contributed by atoms with van der Waals surface area (Å²) in [6.07, 6.45) is 0.0192. The molecule has 29 heavy (non-hydrogen) atoms. The number of aryl methyl sites for hydroxylation is 1. The number of nitrogens with one attached hydrogen (secondary N) is 2. The van der Waals surface area contributed by atoms with Gasteiger partial charge < -0.3 is 14.8 Å². The molecule has 0 saturated heterocycles. The first-order valence-corrected chi connectivity index (χ1v) is 9.44. The first kappa shape index (κ1) is 20.2. The highest BCUT2D eigenvalue weighted by Crippen LogP contribution is 2.30. The Hall–Kier alpha value is -3.55. The predicted molar refractivity (Wildman–Crippen MR) is 111 cm³/mol. The molecule has 1 heterocycles. The minimum absolute atomic E-state index is 0.0192. The number of fused-ring (bicyclic) bond motifs is 1. The Bertz CT molecular complexity index is 1130. The van der Waals surface area contributed by atoms with E-state index in [1.807, 2.05) is 13.8 Å². The van der Waals surface area contributed by atoms with Crippen LogP contribution in [0.15, 0.2) is 52.1 Å². The van der Waals surface area contributed by atoms with Crippen molar-refractivity contribution in [3.05, 3.63) is 63.2 Å². The molecule has 8 heteroatoms. The van der Waals surface area contributed by atoms with E-state index in [4.69, 9.17) is 9.47 Å². The summed E-state index contributed by atoms with van der Waals surface area (Å²) < 4.78 is 12.2. The van der Waals surface area contributed by atoms with Crippen LogP contribution in [0.4, 0.5) is 5.69 Å². The number of hydrogen-bond acceptors (Lipinski definition) is 5. The van der Waals surface area contributed by atoms with Crippen LogP contribution in [0.3, 0.4) is 0 Å². The van der Waals surface area contributed by atoms with Gasteiger partial charge in [0.25, 0.3) is 11.1 Å². The van der Waals surface area contributed by atoms with Gasteiger partial charge in [-0.05, 0) is 38.1 Å². The Balaban J connectivity index is 1.71. The maximum atomic E-state index is 12.5. The predicted octanol–water partition coefficient (Wildman–Crippen LogP) is 2.52. The number of amides is 1. The van der Waals surface area contributed by atoms with E-state index in [9.17, 15) is 14.4 Å². The molecule has 2 N–H and O–H groups in total. The highest BCUT2D eigenvalue weighted by atomic mass is 16.5. The molecule has 152 valence electrons. The van der Waals surface area contributed by atoms with Crippen LogP contribution in [0.1, 0.15) is 20.3 Å². The van der Waals surface area contributed by atoms with Gasteiger partial charge in [-0.1, -0.05) is 12.1 Å². The van der Waals surface area contributed by atoms with E-state index in [1.54, 1.807) is 42.5 Å². The van der Waals surface area contributed by atoms with Gasteiger partial charge >= 0.3 is 0 Å². The van der Waals surface area contributed by atoms with E-state index < -0.39 is 0 Å². The van der Waals surface area contributed by atoms with Crippen molar-refractivity contribution in [3.8, 4) is 11.5 Å². The zero-order valence-electron chi connectivity index (χ0n) is 16.4. The molecule has 3 rings (SSSR count). The number of aromatic nitrogens is 2. The SMILES string of the molecule is CCOc1ccc(NC(=O)CCn2[nH]c(=O)c3ccccc3c2=O)cc1OCC. The van der Waals surface area contributed by atoms with Gasteiger partial charge in [-0.15, -0.1) is 0 Å². The summed E-state index contributed by atoms with van der Waals surface area (Å²) >= 11 is 0. The zero-order valence-corrected chi connectivity index (χ0v) is 16.4. The first-order chi connectivity index (χ1) is 14.0. The second-order valence-electron chi connectivity index (χ2n) is 6.27. The van der Waals surface area contributed by atoms with Gasteiger partial charge in [-0.25, -0.2) is 4.68 Å². The third-order valence-electron chi connectivity index (χ3n) is 4.27. The molecule has 0 saturated carbocycles. The maximum Gasteiger partial charge on any atom is 0.273 e. The number of rotatable bonds is 8. The molecule has 0 spiro atoms. The van der Waals surface area contributed by atoms with E-state index in [2.05, 4.69) is 10.4 Å². The number of carbonyl (C=O) groups excluding carboxylic acids is 1. The number of ether oxygens (including phenoxy) is 2. The maximum absolute atomic E-state index is 12.5. The fraction of sp³-hybridized carbons (Fsp3) is 0.286. The Morgan fingerprint density at radius 1 is 1.00 bits per heavy atom. The van der Waals surface area contributed by atoms with Gasteiger partial charge in [0.05, 0.1) is 30.5 Å². The Morgan fingerprint density at radius 3 is 2.41 bits per heavy atom. The highest BCUT2D eigenvalue weighted by molar-refractivity contribution is 5.91.